The first kappa shape index (κ1) is 13.4. The Labute approximate surface area is 108 Å². The van der Waals surface area contributed by atoms with Crippen LogP contribution in [0.2, 0.25) is 0 Å². The van der Waals surface area contributed by atoms with Crippen LogP contribution in [0.5, 0.6) is 0 Å². The van der Waals surface area contributed by atoms with Crippen molar-refractivity contribution in [3.05, 3.63) is 23.8 Å². The highest BCUT2D eigenvalue weighted by Gasteiger charge is 2.23. The van der Waals surface area contributed by atoms with Crippen molar-refractivity contribution in [2.24, 2.45) is 0 Å². The molecule has 0 unspecified atom stereocenters. The molecular formula is C13H22N4O. The molecule has 0 aromatic carbocycles. The Bertz CT molecular complexity index is 368. The van der Waals surface area contributed by atoms with Gasteiger partial charge in [-0.3, -0.25) is 9.80 Å². The van der Waals surface area contributed by atoms with Crippen LogP contribution >= 0.6 is 0 Å². The predicted molar refractivity (Wildman–Crippen MR) is 70.2 cm³/mol. The van der Waals surface area contributed by atoms with Crippen LogP contribution in [0, 0.1) is 0 Å². The Balaban J connectivity index is 1.92. The molecule has 1 aromatic heterocycles. The fourth-order valence-corrected chi connectivity index (χ4v) is 2.26. The minimum Gasteiger partial charge on any atom is -0.395 e. The van der Waals surface area contributed by atoms with Crippen LogP contribution in [0.3, 0.4) is 0 Å². The fraction of sp³-hybridized carbons (Fsp3) is 0.692. The molecule has 1 fully saturated rings. The largest absolute Gasteiger partial charge is 0.395 e. The minimum atomic E-state index is 0.221. The Morgan fingerprint density at radius 2 is 2.06 bits per heavy atom. The van der Waals surface area contributed by atoms with Crippen molar-refractivity contribution in [2.75, 3.05) is 33.3 Å². The van der Waals surface area contributed by atoms with Gasteiger partial charge in [0.05, 0.1) is 6.61 Å². The third-order valence-electron chi connectivity index (χ3n) is 3.55. The lowest BCUT2D eigenvalue weighted by Crippen LogP contribution is -2.52. The Morgan fingerprint density at radius 1 is 1.33 bits per heavy atom. The van der Waals surface area contributed by atoms with Crippen LogP contribution in [0.4, 0.5) is 0 Å². The third-order valence-corrected chi connectivity index (χ3v) is 3.55. The van der Waals surface area contributed by atoms with E-state index in [9.17, 15) is 5.11 Å². The molecule has 0 radical (unpaired) electrons. The van der Waals surface area contributed by atoms with Crippen LogP contribution in [-0.4, -0.2) is 64.2 Å². The summed E-state index contributed by atoms with van der Waals surface area (Å²) >= 11 is 0. The number of aliphatic hydroxyl groups is 1. The van der Waals surface area contributed by atoms with E-state index >= 15 is 0 Å². The van der Waals surface area contributed by atoms with Gasteiger partial charge in [-0.25, -0.2) is 9.97 Å². The maximum absolute atomic E-state index is 9.32. The van der Waals surface area contributed by atoms with Crippen molar-refractivity contribution in [3.63, 3.8) is 0 Å². The summed E-state index contributed by atoms with van der Waals surface area (Å²) in [5.41, 5.74) is 1.15. The molecule has 2 heterocycles. The number of rotatable bonds is 4. The van der Waals surface area contributed by atoms with E-state index in [0.717, 1.165) is 44.0 Å². The number of hydrogen-bond donors (Lipinski definition) is 1. The zero-order valence-electron chi connectivity index (χ0n) is 11.2. The molecule has 1 N–H and O–H groups in total. The second kappa shape index (κ2) is 6.22. The summed E-state index contributed by atoms with van der Waals surface area (Å²) in [4.78, 5) is 13.2. The monoisotopic (exact) mass is 250 g/mol. The molecule has 2 rings (SSSR count). The van der Waals surface area contributed by atoms with Gasteiger partial charge in [0, 0.05) is 56.6 Å². The number of piperazine rings is 1. The molecule has 0 aliphatic carbocycles. The topological polar surface area (TPSA) is 52.5 Å². The number of nitrogens with zero attached hydrogens (tertiary/aromatic N) is 4. The van der Waals surface area contributed by atoms with Gasteiger partial charge in [-0.1, -0.05) is 6.92 Å². The van der Waals surface area contributed by atoms with Gasteiger partial charge in [-0.2, -0.15) is 0 Å². The molecule has 5 heteroatoms. The normalized spacial score (nSPS) is 22.3. The first-order valence-electron chi connectivity index (χ1n) is 6.56. The van der Waals surface area contributed by atoms with Crippen molar-refractivity contribution >= 4 is 0 Å². The number of likely N-dealkylation sites (N-methyl/N-ethyl adjacent to an activating group) is 1. The molecule has 0 spiro atoms. The first-order valence-corrected chi connectivity index (χ1v) is 6.56. The van der Waals surface area contributed by atoms with Crippen molar-refractivity contribution in [1.29, 1.82) is 0 Å². The average Bonchev–Trinajstić information content (AvgIpc) is 2.42. The van der Waals surface area contributed by atoms with E-state index in [1.165, 1.54) is 0 Å². The van der Waals surface area contributed by atoms with Crippen molar-refractivity contribution in [1.82, 2.24) is 19.8 Å². The Hall–Kier alpha value is -1.04. The fourth-order valence-electron chi connectivity index (χ4n) is 2.26. The highest BCUT2D eigenvalue weighted by atomic mass is 16.3. The maximum atomic E-state index is 9.32. The summed E-state index contributed by atoms with van der Waals surface area (Å²) in [5.74, 6) is 0.894. The molecule has 5 nitrogen and oxygen atoms in total. The van der Waals surface area contributed by atoms with Gasteiger partial charge in [-0.05, 0) is 7.05 Å². The molecular weight excluding hydrogens is 228 g/mol. The third kappa shape index (κ3) is 3.25. The van der Waals surface area contributed by atoms with E-state index in [0.29, 0.717) is 0 Å². The minimum absolute atomic E-state index is 0.221. The summed E-state index contributed by atoms with van der Waals surface area (Å²) in [5, 5.41) is 9.32. The standard InChI is InChI=1S/C13H22N4O/c1-3-13-14-6-11(7-15-13)8-17-5-4-16(2)12(9-17)10-18/h6-7,12,18H,3-5,8-10H2,1-2H3/t12-/m1/s1. The molecule has 0 bridgehead atoms. The Kier molecular flexibility index (Phi) is 4.63. The summed E-state index contributed by atoms with van der Waals surface area (Å²) in [6, 6.07) is 0.245. The van der Waals surface area contributed by atoms with E-state index in [1.807, 2.05) is 12.4 Å². The molecule has 1 aromatic rings. The van der Waals surface area contributed by atoms with Crippen LogP contribution in [-0.2, 0) is 13.0 Å². The maximum Gasteiger partial charge on any atom is 0.127 e. The average molecular weight is 250 g/mol. The second-order valence-corrected chi connectivity index (χ2v) is 4.91. The van der Waals surface area contributed by atoms with Gasteiger partial charge in [0.15, 0.2) is 0 Å². The molecule has 100 valence electrons. The van der Waals surface area contributed by atoms with E-state index in [4.69, 9.17) is 0 Å². The molecule has 1 aliphatic heterocycles. The number of aliphatic hydroxyl groups excluding tert-OH is 1. The van der Waals surface area contributed by atoms with Gasteiger partial charge in [0.25, 0.3) is 0 Å². The SMILES string of the molecule is CCc1ncc(CN2CCN(C)[C@@H](CO)C2)cn1. The van der Waals surface area contributed by atoms with Crippen LogP contribution in [0.1, 0.15) is 18.3 Å². The van der Waals surface area contributed by atoms with Crippen LogP contribution < -0.4 is 0 Å². The molecule has 18 heavy (non-hydrogen) atoms. The van der Waals surface area contributed by atoms with Crippen molar-refractivity contribution in [2.45, 2.75) is 25.9 Å². The second-order valence-electron chi connectivity index (χ2n) is 4.91. The number of aromatic nitrogens is 2. The lowest BCUT2D eigenvalue weighted by molar-refractivity contribution is 0.0539. The zero-order chi connectivity index (χ0) is 13.0. The molecule has 0 amide bonds. The smallest absolute Gasteiger partial charge is 0.127 e. The highest BCUT2D eigenvalue weighted by molar-refractivity contribution is 5.05. The molecule has 1 aliphatic rings. The van der Waals surface area contributed by atoms with E-state index in [-0.39, 0.29) is 12.6 Å². The van der Waals surface area contributed by atoms with Crippen LogP contribution in [0.25, 0.3) is 0 Å². The summed E-state index contributed by atoms with van der Waals surface area (Å²) in [6.07, 6.45) is 4.71. The van der Waals surface area contributed by atoms with Crippen LogP contribution in [0.15, 0.2) is 12.4 Å². The summed E-state index contributed by atoms with van der Waals surface area (Å²) in [7, 11) is 2.07. The lowest BCUT2D eigenvalue weighted by atomic mass is 10.1. The number of hydrogen-bond acceptors (Lipinski definition) is 5. The van der Waals surface area contributed by atoms with Crippen molar-refractivity contribution < 1.29 is 5.11 Å². The van der Waals surface area contributed by atoms with Gasteiger partial charge in [0.1, 0.15) is 5.82 Å². The van der Waals surface area contributed by atoms with Gasteiger partial charge in [-0.15, -0.1) is 0 Å². The van der Waals surface area contributed by atoms with Gasteiger partial charge >= 0.3 is 0 Å². The van der Waals surface area contributed by atoms with Gasteiger partial charge < -0.3 is 5.11 Å². The zero-order valence-corrected chi connectivity index (χ0v) is 11.2. The lowest BCUT2D eigenvalue weighted by Gasteiger charge is -2.38. The quantitative estimate of drug-likeness (QED) is 0.824. The first-order chi connectivity index (χ1) is 8.72. The molecule has 0 saturated carbocycles. The van der Waals surface area contributed by atoms with E-state index in [2.05, 4.69) is 33.7 Å². The number of aryl methyl sites for hydroxylation is 1. The highest BCUT2D eigenvalue weighted by Crippen LogP contribution is 2.10. The van der Waals surface area contributed by atoms with E-state index < -0.39 is 0 Å². The van der Waals surface area contributed by atoms with E-state index in [1.54, 1.807) is 0 Å². The van der Waals surface area contributed by atoms with Crippen molar-refractivity contribution in [3.8, 4) is 0 Å². The molecule has 1 saturated heterocycles. The Morgan fingerprint density at radius 3 is 2.67 bits per heavy atom. The predicted octanol–water partition coefficient (Wildman–Crippen LogP) is 0.147. The summed E-state index contributed by atoms with van der Waals surface area (Å²) in [6.45, 7) is 6.08. The molecule has 1 atom stereocenters. The van der Waals surface area contributed by atoms with Gasteiger partial charge in [0.2, 0.25) is 0 Å². The summed E-state index contributed by atoms with van der Waals surface area (Å²) < 4.78 is 0.